The molecule has 1 aromatic heterocycles. The summed E-state index contributed by atoms with van der Waals surface area (Å²) in [5, 5.41) is 3.28. The zero-order valence-corrected chi connectivity index (χ0v) is 14.3. The Morgan fingerprint density at radius 3 is 2.48 bits per heavy atom. The first-order chi connectivity index (χ1) is 10.1. The van der Waals surface area contributed by atoms with E-state index in [-0.39, 0.29) is 0 Å². The van der Waals surface area contributed by atoms with Gasteiger partial charge >= 0.3 is 0 Å². The number of benzene rings is 1. The molecule has 0 bridgehead atoms. The molecule has 1 heterocycles. The molecule has 3 nitrogen and oxygen atoms in total. The van der Waals surface area contributed by atoms with Crippen LogP contribution in [-0.2, 0) is 13.2 Å². The van der Waals surface area contributed by atoms with Gasteiger partial charge in [-0.2, -0.15) is 0 Å². The van der Waals surface area contributed by atoms with Gasteiger partial charge in [-0.25, -0.2) is 0 Å². The fraction of sp³-hybridized carbons (Fsp3) is 0.353. The van der Waals surface area contributed by atoms with Gasteiger partial charge in [-0.05, 0) is 55.3 Å². The molecule has 0 aliphatic rings. The number of ether oxygens (including phenoxy) is 1. The molecule has 0 fully saturated rings. The zero-order valence-electron chi connectivity index (χ0n) is 12.7. The third kappa shape index (κ3) is 4.55. The van der Waals surface area contributed by atoms with Crippen LogP contribution in [0.15, 0.2) is 34.9 Å². The van der Waals surface area contributed by atoms with Crippen molar-refractivity contribution in [3.63, 3.8) is 0 Å². The van der Waals surface area contributed by atoms with Gasteiger partial charge in [0.15, 0.2) is 0 Å². The Morgan fingerprint density at radius 2 is 1.90 bits per heavy atom. The minimum absolute atomic E-state index is 0.488. The summed E-state index contributed by atoms with van der Waals surface area (Å²) < 4.78 is 6.97. The van der Waals surface area contributed by atoms with Crippen molar-refractivity contribution >= 4 is 15.9 Å². The Labute approximate surface area is 134 Å². The van der Waals surface area contributed by atoms with Crippen LogP contribution in [0.25, 0.3) is 0 Å². The summed E-state index contributed by atoms with van der Waals surface area (Å²) >= 11 is 3.56. The SMILES string of the molecule is CCNCc1ccc(COc2cc(C)c(Br)c(C)c2)nc1. The highest BCUT2D eigenvalue weighted by molar-refractivity contribution is 9.10. The first-order valence-corrected chi connectivity index (χ1v) is 7.93. The molecular weight excluding hydrogens is 328 g/mol. The molecule has 0 saturated carbocycles. The maximum Gasteiger partial charge on any atom is 0.130 e. The molecular formula is C17H21BrN2O. The average Bonchev–Trinajstić information content (AvgIpc) is 2.49. The third-order valence-electron chi connectivity index (χ3n) is 3.26. The normalized spacial score (nSPS) is 10.7. The van der Waals surface area contributed by atoms with E-state index in [2.05, 4.69) is 53.1 Å². The minimum atomic E-state index is 0.488. The lowest BCUT2D eigenvalue weighted by Gasteiger charge is -2.10. The molecule has 0 saturated heterocycles. The summed E-state index contributed by atoms with van der Waals surface area (Å²) in [5.74, 6) is 0.881. The third-order valence-corrected chi connectivity index (χ3v) is 4.51. The van der Waals surface area contributed by atoms with Crippen molar-refractivity contribution in [1.29, 1.82) is 0 Å². The minimum Gasteiger partial charge on any atom is -0.487 e. The maximum atomic E-state index is 5.83. The summed E-state index contributed by atoms with van der Waals surface area (Å²) in [5.41, 5.74) is 4.49. The Kier molecular flexibility index (Phi) is 5.76. The summed E-state index contributed by atoms with van der Waals surface area (Å²) in [4.78, 5) is 4.43. The lowest BCUT2D eigenvalue weighted by molar-refractivity contribution is 0.301. The highest BCUT2D eigenvalue weighted by Crippen LogP contribution is 2.26. The molecule has 1 N–H and O–H groups in total. The van der Waals surface area contributed by atoms with Gasteiger partial charge in [0.05, 0.1) is 5.69 Å². The molecule has 112 valence electrons. The van der Waals surface area contributed by atoms with Crippen LogP contribution in [0, 0.1) is 13.8 Å². The van der Waals surface area contributed by atoms with Crippen molar-refractivity contribution in [2.45, 2.75) is 33.9 Å². The topological polar surface area (TPSA) is 34.1 Å². The standard InChI is InChI=1S/C17H21BrN2O/c1-4-19-9-14-5-6-15(20-10-14)11-21-16-7-12(2)17(18)13(3)8-16/h5-8,10,19H,4,9,11H2,1-3H3. The van der Waals surface area contributed by atoms with Gasteiger partial charge in [-0.3, -0.25) is 4.98 Å². The fourth-order valence-electron chi connectivity index (χ4n) is 2.06. The Bertz CT molecular complexity index is 573. The van der Waals surface area contributed by atoms with E-state index in [4.69, 9.17) is 4.74 Å². The van der Waals surface area contributed by atoms with Crippen molar-refractivity contribution in [2.24, 2.45) is 0 Å². The maximum absolute atomic E-state index is 5.83. The molecule has 4 heteroatoms. The number of halogens is 1. The molecule has 0 unspecified atom stereocenters. The van der Waals surface area contributed by atoms with Gasteiger partial charge in [0.25, 0.3) is 0 Å². The second-order valence-electron chi connectivity index (χ2n) is 5.10. The van der Waals surface area contributed by atoms with E-state index in [9.17, 15) is 0 Å². The van der Waals surface area contributed by atoms with E-state index in [0.717, 1.165) is 29.0 Å². The molecule has 0 spiro atoms. The van der Waals surface area contributed by atoms with Crippen LogP contribution in [-0.4, -0.2) is 11.5 Å². The number of nitrogens with zero attached hydrogens (tertiary/aromatic N) is 1. The van der Waals surface area contributed by atoms with Gasteiger partial charge < -0.3 is 10.1 Å². The summed E-state index contributed by atoms with van der Waals surface area (Å²) in [6, 6.07) is 8.19. The first-order valence-electron chi connectivity index (χ1n) is 7.14. The molecule has 1 aromatic carbocycles. The molecule has 0 atom stereocenters. The smallest absolute Gasteiger partial charge is 0.130 e. The first kappa shape index (κ1) is 16.0. The van der Waals surface area contributed by atoms with Crippen molar-refractivity contribution < 1.29 is 4.74 Å². The predicted octanol–water partition coefficient (Wildman–Crippen LogP) is 4.15. The Balaban J connectivity index is 1.96. The molecule has 0 amide bonds. The lowest BCUT2D eigenvalue weighted by Crippen LogP contribution is -2.12. The van der Waals surface area contributed by atoms with Crippen molar-refractivity contribution in [1.82, 2.24) is 10.3 Å². The van der Waals surface area contributed by atoms with Gasteiger partial charge in [0.2, 0.25) is 0 Å². The highest BCUT2D eigenvalue weighted by Gasteiger charge is 2.04. The zero-order chi connectivity index (χ0) is 15.2. The van der Waals surface area contributed by atoms with Crippen LogP contribution in [0.3, 0.4) is 0 Å². The van der Waals surface area contributed by atoms with Gasteiger partial charge in [-0.1, -0.05) is 28.9 Å². The van der Waals surface area contributed by atoms with Gasteiger partial charge in [0.1, 0.15) is 12.4 Å². The second-order valence-corrected chi connectivity index (χ2v) is 5.89. The van der Waals surface area contributed by atoms with Gasteiger partial charge in [0, 0.05) is 17.2 Å². The van der Waals surface area contributed by atoms with Crippen LogP contribution < -0.4 is 10.1 Å². The Hall–Kier alpha value is -1.39. The molecule has 2 aromatic rings. The fourth-order valence-corrected chi connectivity index (χ4v) is 2.29. The molecule has 21 heavy (non-hydrogen) atoms. The molecule has 2 rings (SSSR count). The molecule has 0 aliphatic carbocycles. The number of nitrogens with one attached hydrogen (secondary N) is 1. The van der Waals surface area contributed by atoms with Crippen LogP contribution in [0.2, 0.25) is 0 Å². The van der Waals surface area contributed by atoms with Crippen LogP contribution in [0.4, 0.5) is 0 Å². The highest BCUT2D eigenvalue weighted by atomic mass is 79.9. The quantitative estimate of drug-likeness (QED) is 0.851. The van der Waals surface area contributed by atoms with Gasteiger partial charge in [-0.15, -0.1) is 0 Å². The second kappa shape index (κ2) is 7.57. The number of hydrogen-bond donors (Lipinski definition) is 1. The molecule has 0 radical (unpaired) electrons. The summed E-state index contributed by atoms with van der Waals surface area (Å²) in [6.07, 6.45) is 1.90. The predicted molar refractivity (Wildman–Crippen MR) is 89.6 cm³/mol. The van der Waals surface area contributed by atoms with Crippen molar-refractivity contribution in [2.75, 3.05) is 6.54 Å². The van der Waals surface area contributed by atoms with E-state index in [1.165, 1.54) is 16.7 Å². The summed E-state index contributed by atoms with van der Waals surface area (Å²) in [6.45, 7) is 8.54. The largest absolute Gasteiger partial charge is 0.487 e. The average molecular weight is 349 g/mol. The van der Waals surface area contributed by atoms with E-state index in [1.807, 2.05) is 24.4 Å². The number of rotatable bonds is 6. The number of hydrogen-bond acceptors (Lipinski definition) is 3. The van der Waals surface area contributed by atoms with Crippen molar-refractivity contribution in [3.05, 3.63) is 57.3 Å². The van der Waals surface area contributed by atoms with Crippen LogP contribution in [0.1, 0.15) is 29.3 Å². The van der Waals surface area contributed by atoms with Crippen LogP contribution >= 0.6 is 15.9 Å². The Morgan fingerprint density at radius 1 is 1.19 bits per heavy atom. The number of aryl methyl sites for hydroxylation is 2. The van der Waals surface area contributed by atoms with E-state index in [0.29, 0.717) is 6.61 Å². The van der Waals surface area contributed by atoms with E-state index in [1.54, 1.807) is 0 Å². The summed E-state index contributed by atoms with van der Waals surface area (Å²) in [7, 11) is 0. The lowest BCUT2D eigenvalue weighted by atomic mass is 10.1. The number of aromatic nitrogens is 1. The van der Waals surface area contributed by atoms with Crippen LogP contribution in [0.5, 0.6) is 5.75 Å². The van der Waals surface area contributed by atoms with E-state index >= 15 is 0 Å². The monoisotopic (exact) mass is 348 g/mol. The molecule has 0 aliphatic heterocycles. The van der Waals surface area contributed by atoms with E-state index < -0.39 is 0 Å². The van der Waals surface area contributed by atoms with Crippen molar-refractivity contribution in [3.8, 4) is 5.75 Å². The number of pyridine rings is 1.